The quantitative estimate of drug-likeness (QED) is 0.486. The number of halogens is 3. The van der Waals surface area contributed by atoms with Crippen LogP contribution in [0.25, 0.3) is 0 Å². The topological polar surface area (TPSA) is 126 Å². The van der Waals surface area contributed by atoms with Crippen molar-refractivity contribution in [3.63, 3.8) is 0 Å². The van der Waals surface area contributed by atoms with E-state index in [2.05, 4.69) is 30.8 Å². The highest BCUT2D eigenvalue weighted by Crippen LogP contribution is 2.33. The van der Waals surface area contributed by atoms with Gasteiger partial charge in [0, 0.05) is 32.4 Å². The molecule has 1 amide bonds. The Hall–Kier alpha value is -3.68. The van der Waals surface area contributed by atoms with Crippen molar-refractivity contribution in [3.8, 4) is 0 Å². The van der Waals surface area contributed by atoms with Crippen LogP contribution < -0.4 is 15.5 Å². The van der Waals surface area contributed by atoms with Crippen molar-refractivity contribution in [2.45, 2.75) is 45.3 Å². The molecule has 4 rings (SSSR count). The molecule has 0 aromatic carbocycles. The van der Waals surface area contributed by atoms with Gasteiger partial charge < -0.3 is 20.6 Å². The fourth-order valence-electron chi connectivity index (χ4n) is 3.81. The second-order valence-electron chi connectivity index (χ2n) is 8.16. The Kier molecular flexibility index (Phi) is 5.93. The van der Waals surface area contributed by atoms with Crippen LogP contribution in [0.5, 0.6) is 0 Å². The monoisotopic (exact) mass is 479 g/mol. The summed E-state index contributed by atoms with van der Waals surface area (Å²) < 4.78 is 41.3. The second kappa shape index (κ2) is 8.59. The summed E-state index contributed by atoms with van der Waals surface area (Å²) in [5.41, 5.74) is 1.22. The van der Waals surface area contributed by atoms with E-state index in [1.54, 1.807) is 31.3 Å². The Morgan fingerprint density at radius 1 is 1.29 bits per heavy atom. The summed E-state index contributed by atoms with van der Waals surface area (Å²) in [4.78, 5) is 22.8. The molecule has 0 radical (unpaired) electrons. The van der Waals surface area contributed by atoms with E-state index in [9.17, 15) is 23.1 Å². The minimum absolute atomic E-state index is 0.124. The van der Waals surface area contributed by atoms with Crippen LogP contribution >= 0.6 is 0 Å². The Labute approximate surface area is 192 Å². The maximum atomic E-state index is 12.9. The SMILES string of the molecule is Cc1nc(NCc2cnn(Cc3cc(C(F)(F)F)nn3C)c2)nc2c1NC(=O)[C@H]([C@H](C)O)N2C. The smallest absolute Gasteiger partial charge is 0.391 e. The number of nitrogens with one attached hydrogen (secondary N) is 2. The molecular weight excluding hydrogens is 455 g/mol. The molecule has 14 heteroatoms. The van der Waals surface area contributed by atoms with Crippen molar-refractivity contribution in [1.82, 2.24) is 29.5 Å². The molecular formula is C20H24F3N9O2. The average Bonchev–Trinajstić information content (AvgIpc) is 3.34. The molecule has 0 spiro atoms. The number of aliphatic hydroxyl groups is 1. The fourth-order valence-corrected chi connectivity index (χ4v) is 3.81. The van der Waals surface area contributed by atoms with Crippen molar-refractivity contribution in [2.24, 2.45) is 7.05 Å². The number of anilines is 3. The Morgan fingerprint density at radius 2 is 2.03 bits per heavy atom. The van der Waals surface area contributed by atoms with Crippen LogP contribution in [0.2, 0.25) is 0 Å². The number of likely N-dealkylation sites (N-methyl/N-ethyl adjacent to an activating group) is 1. The molecule has 0 fully saturated rings. The number of carbonyl (C=O) groups is 1. The van der Waals surface area contributed by atoms with Crippen LogP contribution in [-0.2, 0) is 31.1 Å². The van der Waals surface area contributed by atoms with Gasteiger partial charge in [-0.15, -0.1) is 0 Å². The van der Waals surface area contributed by atoms with Crippen molar-refractivity contribution < 1.29 is 23.1 Å². The van der Waals surface area contributed by atoms with Gasteiger partial charge in [-0.3, -0.25) is 14.2 Å². The molecule has 0 bridgehead atoms. The Bertz CT molecular complexity index is 1220. The molecule has 0 aliphatic carbocycles. The largest absolute Gasteiger partial charge is 0.435 e. The number of aromatic nitrogens is 6. The van der Waals surface area contributed by atoms with Crippen LogP contribution in [0, 0.1) is 6.92 Å². The van der Waals surface area contributed by atoms with E-state index < -0.39 is 24.0 Å². The van der Waals surface area contributed by atoms with Gasteiger partial charge in [0.05, 0.1) is 30.2 Å². The third-order valence-corrected chi connectivity index (χ3v) is 5.52. The summed E-state index contributed by atoms with van der Waals surface area (Å²) in [5, 5.41) is 23.5. The summed E-state index contributed by atoms with van der Waals surface area (Å²) in [6.07, 6.45) is -2.11. The lowest BCUT2D eigenvalue weighted by Gasteiger charge is -2.36. The molecule has 3 aromatic rings. The number of hydrogen-bond acceptors (Lipinski definition) is 8. The molecule has 3 aromatic heterocycles. The van der Waals surface area contributed by atoms with Gasteiger partial charge in [0.2, 0.25) is 11.9 Å². The minimum Gasteiger partial charge on any atom is -0.391 e. The predicted octanol–water partition coefficient (Wildman–Crippen LogP) is 1.53. The first-order valence-electron chi connectivity index (χ1n) is 10.4. The molecule has 0 saturated heterocycles. The van der Waals surface area contributed by atoms with Gasteiger partial charge in [0.1, 0.15) is 11.7 Å². The van der Waals surface area contributed by atoms with Crippen LogP contribution in [-0.4, -0.2) is 59.7 Å². The number of hydrogen-bond donors (Lipinski definition) is 3. The third-order valence-electron chi connectivity index (χ3n) is 5.52. The van der Waals surface area contributed by atoms with Gasteiger partial charge in [-0.25, -0.2) is 4.98 Å². The third kappa shape index (κ3) is 4.53. The Morgan fingerprint density at radius 3 is 2.68 bits per heavy atom. The van der Waals surface area contributed by atoms with Crippen LogP contribution in [0.4, 0.5) is 30.6 Å². The van der Waals surface area contributed by atoms with Gasteiger partial charge in [0.25, 0.3) is 0 Å². The summed E-state index contributed by atoms with van der Waals surface area (Å²) >= 11 is 0. The maximum Gasteiger partial charge on any atom is 0.435 e. The lowest BCUT2D eigenvalue weighted by atomic mass is 10.1. The minimum atomic E-state index is -4.51. The van der Waals surface area contributed by atoms with E-state index in [1.807, 2.05) is 0 Å². The molecule has 1 aliphatic heterocycles. The summed E-state index contributed by atoms with van der Waals surface area (Å²) in [7, 11) is 3.13. The van der Waals surface area contributed by atoms with E-state index in [-0.39, 0.29) is 12.5 Å². The molecule has 4 heterocycles. The van der Waals surface area contributed by atoms with Crippen LogP contribution in [0.3, 0.4) is 0 Å². The van der Waals surface area contributed by atoms with Gasteiger partial charge >= 0.3 is 6.18 Å². The first kappa shape index (κ1) is 23.5. The number of amides is 1. The fraction of sp³-hybridized carbons (Fsp3) is 0.450. The molecule has 34 heavy (non-hydrogen) atoms. The number of nitrogens with zero attached hydrogens (tertiary/aromatic N) is 7. The first-order chi connectivity index (χ1) is 15.9. The average molecular weight is 479 g/mol. The van der Waals surface area contributed by atoms with Gasteiger partial charge in [-0.2, -0.15) is 28.4 Å². The maximum absolute atomic E-state index is 12.9. The highest BCUT2D eigenvalue weighted by Gasteiger charge is 2.36. The molecule has 3 N–H and O–H groups in total. The lowest BCUT2D eigenvalue weighted by molar-refractivity contribution is -0.141. The molecule has 182 valence electrons. The summed E-state index contributed by atoms with van der Waals surface area (Å²) in [5.74, 6) is 0.464. The number of fused-ring (bicyclic) bond motifs is 1. The van der Waals surface area contributed by atoms with E-state index in [0.717, 1.165) is 11.6 Å². The standard InChI is InChI=1S/C20H24F3N9O2/c1-10-15-17(30(3)16(11(2)33)18(34)27-15)28-19(26-10)24-6-12-7-25-32(8-12)9-13-5-14(20(21,22)23)29-31(13)4/h5,7-8,11,16,33H,6,9H2,1-4H3,(H,27,34)(H,24,26,28)/t11-,16-/m0/s1. The molecule has 0 saturated carbocycles. The van der Waals surface area contributed by atoms with Gasteiger partial charge in [0.15, 0.2) is 11.5 Å². The number of carbonyl (C=O) groups excluding carboxylic acids is 1. The molecule has 11 nitrogen and oxygen atoms in total. The van der Waals surface area contributed by atoms with E-state index in [0.29, 0.717) is 35.4 Å². The summed E-state index contributed by atoms with van der Waals surface area (Å²) in [6, 6.07) is 0.219. The van der Waals surface area contributed by atoms with Crippen LogP contribution in [0.15, 0.2) is 18.5 Å². The normalized spacial score (nSPS) is 16.9. The number of aliphatic hydroxyl groups excluding tert-OH is 1. The number of rotatable bonds is 6. The van der Waals surface area contributed by atoms with Crippen molar-refractivity contribution >= 4 is 23.4 Å². The number of alkyl halides is 3. The number of aryl methyl sites for hydroxylation is 2. The predicted molar refractivity (Wildman–Crippen MR) is 116 cm³/mol. The van der Waals surface area contributed by atoms with Crippen LogP contribution in [0.1, 0.15) is 29.6 Å². The molecule has 1 aliphatic rings. The lowest BCUT2D eigenvalue weighted by Crippen LogP contribution is -2.52. The van der Waals surface area contributed by atoms with Crippen molar-refractivity contribution in [2.75, 3.05) is 22.6 Å². The summed E-state index contributed by atoms with van der Waals surface area (Å²) in [6.45, 7) is 3.71. The highest BCUT2D eigenvalue weighted by molar-refractivity contribution is 6.03. The Balaban J connectivity index is 1.46. The zero-order chi connectivity index (χ0) is 24.8. The van der Waals surface area contributed by atoms with Crippen molar-refractivity contribution in [3.05, 3.63) is 41.1 Å². The first-order valence-corrected chi connectivity index (χ1v) is 10.4. The van der Waals surface area contributed by atoms with E-state index in [1.165, 1.54) is 23.3 Å². The van der Waals surface area contributed by atoms with Gasteiger partial charge in [-0.1, -0.05) is 0 Å². The molecule has 2 atom stereocenters. The van der Waals surface area contributed by atoms with Gasteiger partial charge in [-0.05, 0) is 19.9 Å². The van der Waals surface area contributed by atoms with E-state index >= 15 is 0 Å². The van der Waals surface area contributed by atoms with Crippen molar-refractivity contribution in [1.29, 1.82) is 0 Å². The second-order valence-corrected chi connectivity index (χ2v) is 8.16. The zero-order valence-corrected chi connectivity index (χ0v) is 18.9. The van der Waals surface area contributed by atoms with E-state index in [4.69, 9.17) is 0 Å². The zero-order valence-electron chi connectivity index (χ0n) is 18.9. The molecule has 0 unspecified atom stereocenters. The highest BCUT2D eigenvalue weighted by atomic mass is 19.4.